The highest BCUT2D eigenvalue weighted by Crippen LogP contribution is 2.38. The molecule has 168 valence electrons. The van der Waals surface area contributed by atoms with Gasteiger partial charge in [-0.25, -0.2) is 0 Å². The zero-order chi connectivity index (χ0) is 23.1. The van der Waals surface area contributed by atoms with Crippen molar-refractivity contribution in [3.05, 3.63) is 79.8 Å². The van der Waals surface area contributed by atoms with Gasteiger partial charge >= 0.3 is 11.1 Å². The summed E-state index contributed by atoms with van der Waals surface area (Å²) in [6.07, 6.45) is 0. The Morgan fingerprint density at radius 2 is 1.79 bits per heavy atom. The van der Waals surface area contributed by atoms with Crippen molar-refractivity contribution in [3.8, 4) is 16.9 Å². The van der Waals surface area contributed by atoms with E-state index in [2.05, 4.69) is 32.7 Å². The first-order valence-corrected chi connectivity index (χ1v) is 11.6. The van der Waals surface area contributed by atoms with Crippen LogP contribution in [-0.4, -0.2) is 30.2 Å². The summed E-state index contributed by atoms with van der Waals surface area (Å²) in [6.45, 7) is 3.48. The van der Waals surface area contributed by atoms with Crippen molar-refractivity contribution in [3.63, 3.8) is 0 Å². The van der Waals surface area contributed by atoms with Crippen LogP contribution in [0, 0.1) is 6.92 Å². The molecule has 0 atom stereocenters. The van der Waals surface area contributed by atoms with Crippen molar-refractivity contribution in [2.75, 3.05) is 29.8 Å². The van der Waals surface area contributed by atoms with Gasteiger partial charge in [-0.05, 0) is 66.4 Å². The van der Waals surface area contributed by atoms with Gasteiger partial charge in [-0.1, -0.05) is 23.7 Å². The van der Waals surface area contributed by atoms with Crippen LogP contribution in [0.25, 0.3) is 22.2 Å². The summed E-state index contributed by atoms with van der Waals surface area (Å²) in [5.41, 5.74) is 4.67. The topological polar surface area (TPSA) is 90.2 Å². The molecule has 1 aromatic heterocycles. The molecule has 9 heteroatoms. The van der Waals surface area contributed by atoms with Gasteiger partial charge in [0.2, 0.25) is 0 Å². The third-order valence-corrected chi connectivity index (χ3v) is 6.94. The van der Waals surface area contributed by atoms with Crippen molar-refractivity contribution in [2.24, 2.45) is 0 Å². The predicted molar refractivity (Wildman–Crippen MR) is 135 cm³/mol. The Balaban J connectivity index is 1.38. The number of ether oxygens (including phenoxy) is 1. The van der Waals surface area contributed by atoms with Crippen LogP contribution in [0.3, 0.4) is 0 Å². The quantitative estimate of drug-likeness (QED) is 0.287. The lowest BCUT2D eigenvalue weighted by atomic mass is 10.0. The lowest BCUT2D eigenvalue weighted by molar-refractivity contribution is 0.311. The number of hydrogen-bond donors (Lipinski definition) is 3. The Labute approximate surface area is 198 Å². The molecule has 2 heterocycles. The first kappa shape index (κ1) is 21.5. The van der Waals surface area contributed by atoms with Gasteiger partial charge in [0.05, 0.1) is 28.3 Å². The maximum absolute atomic E-state index is 11.6. The van der Waals surface area contributed by atoms with Crippen LogP contribution < -0.4 is 25.5 Å². The number of anilines is 2. The van der Waals surface area contributed by atoms with Crippen molar-refractivity contribution in [1.82, 2.24) is 9.97 Å². The molecule has 0 saturated carbocycles. The highest BCUT2D eigenvalue weighted by Gasteiger charge is 2.16. The summed E-state index contributed by atoms with van der Waals surface area (Å²) < 4.78 is 9.04. The van der Waals surface area contributed by atoms with E-state index in [0.29, 0.717) is 22.7 Å². The minimum absolute atomic E-state index is 0.573. The number of aryl methyl sites for hydroxylation is 1. The highest BCUT2D eigenvalue weighted by atomic mass is 35.5. The number of benzene rings is 3. The third kappa shape index (κ3) is 4.19. The van der Waals surface area contributed by atoms with Crippen LogP contribution in [-0.2, 0) is 0 Å². The molecule has 1 aliphatic rings. The third-order valence-electron chi connectivity index (χ3n) is 5.63. The zero-order valence-corrected chi connectivity index (χ0v) is 19.6. The van der Waals surface area contributed by atoms with E-state index >= 15 is 0 Å². The lowest BCUT2D eigenvalue weighted by Crippen LogP contribution is -2.28. The molecule has 1 aliphatic heterocycles. The second-order valence-electron chi connectivity index (χ2n) is 7.92. The summed E-state index contributed by atoms with van der Waals surface area (Å²) in [5.74, 6) is 0.884. The largest absolute Gasteiger partial charge is 0.490 e. The number of nitrogens with one attached hydrogen (secondary N) is 3. The van der Waals surface area contributed by atoms with Gasteiger partial charge in [0.1, 0.15) is 12.4 Å². The smallest absolute Gasteiger partial charge is 0.314 e. The molecular weight excluding hydrogens is 460 g/mol. The SMILES string of the molecule is Cc1cc2[nH]c(=O)c(=O)[nH]c2cc1SNc1ccc(-c2ccc3c(c2)N(C)CCO3)c(Cl)c1. The fourth-order valence-electron chi connectivity index (χ4n) is 3.81. The van der Waals surface area contributed by atoms with Gasteiger partial charge in [-0.15, -0.1) is 0 Å². The van der Waals surface area contributed by atoms with Crippen molar-refractivity contribution in [1.29, 1.82) is 0 Å². The molecule has 0 unspecified atom stereocenters. The number of hydrogen-bond acceptors (Lipinski definition) is 6. The Kier molecular flexibility index (Phi) is 5.55. The summed E-state index contributed by atoms with van der Waals surface area (Å²) in [5, 5.41) is 0.636. The Bertz CT molecular complexity index is 1500. The maximum atomic E-state index is 11.6. The van der Waals surface area contributed by atoms with Crippen LogP contribution >= 0.6 is 23.5 Å². The van der Waals surface area contributed by atoms with Gasteiger partial charge in [0, 0.05) is 23.2 Å². The number of halogens is 1. The monoisotopic (exact) mass is 480 g/mol. The lowest BCUT2D eigenvalue weighted by Gasteiger charge is -2.28. The molecule has 3 aromatic carbocycles. The van der Waals surface area contributed by atoms with Gasteiger partial charge in [-0.3, -0.25) is 9.59 Å². The van der Waals surface area contributed by atoms with E-state index in [1.807, 2.05) is 49.4 Å². The maximum Gasteiger partial charge on any atom is 0.314 e. The van der Waals surface area contributed by atoms with Crippen LogP contribution in [0.5, 0.6) is 5.75 Å². The molecule has 0 amide bonds. The van der Waals surface area contributed by atoms with Crippen molar-refractivity contribution >= 4 is 46.0 Å². The molecular formula is C24H21ClN4O3S. The standard InChI is InChI=1S/C24H21ClN4O3S/c1-13-9-18-19(27-24(31)23(30)26-18)12-22(13)33-28-15-4-5-16(17(25)11-15)14-3-6-21-20(10-14)29(2)7-8-32-21/h3-6,9-12,28H,7-8H2,1-2H3,(H,26,30)(H,27,31). The van der Waals surface area contributed by atoms with Crippen molar-refractivity contribution < 1.29 is 4.74 Å². The van der Waals surface area contributed by atoms with E-state index in [1.54, 1.807) is 0 Å². The Morgan fingerprint density at radius 1 is 1.03 bits per heavy atom. The first-order valence-electron chi connectivity index (χ1n) is 10.4. The zero-order valence-electron chi connectivity index (χ0n) is 18.0. The molecule has 0 spiro atoms. The molecule has 7 nitrogen and oxygen atoms in total. The van der Waals surface area contributed by atoms with Crippen LogP contribution in [0.4, 0.5) is 11.4 Å². The summed E-state index contributed by atoms with van der Waals surface area (Å²) in [7, 11) is 2.05. The molecule has 33 heavy (non-hydrogen) atoms. The van der Waals surface area contributed by atoms with Gasteiger partial charge < -0.3 is 24.3 Å². The molecule has 0 saturated heterocycles. The first-order chi connectivity index (χ1) is 15.9. The number of nitrogens with zero attached hydrogens (tertiary/aromatic N) is 1. The number of aromatic nitrogens is 2. The second kappa shape index (κ2) is 8.53. The van der Waals surface area contributed by atoms with E-state index < -0.39 is 11.1 Å². The Hall–Kier alpha value is -3.36. The number of rotatable bonds is 4. The van der Waals surface area contributed by atoms with E-state index in [0.717, 1.165) is 45.3 Å². The van der Waals surface area contributed by atoms with E-state index in [9.17, 15) is 9.59 Å². The minimum Gasteiger partial charge on any atom is -0.490 e. The predicted octanol–water partition coefficient (Wildman–Crippen LogP) is 4.79. The molecule has 0 fully saturated rings. The van der Waals surface area contributed by atoms with Gasteiger partial charge in [-0.2, -0.15) is 0 Å². The van der Waals surface area contributed by atoms with E-state index in [1.165, 1.54) is 11.9 Å². The van der Waals surface area contributed by atoms with Crippen LogP contribution in [0.15, 0.2) is 63.0 Å². The van der Waals surface area contributed by atoms with Gasteiger partial charge in [0.15, 0.2) is 0 Å². The molecule has 0 bridgehead atoms. The fraction of sp³-hybridized carbons (Fsp3) is 0.167. The summed E-state index contributed by atoms with van der Waals surface area (Å²) in [4.78, 5) is 31.5. The Morgan fingerprint density at radius 3 is 2.55 bits per heavy atom. The number of H-pyrrole nitrogens is 2. The average Bonchev–Trinajstić information content (AvgIpc) is 2.79. The van der Waals surface area contributed by atoms with Gasteiger partial charge in [0.25, 0.3) is 0 Å². The molecule has 4 aromatic rings. The summed E-state index contributed by atoms with van der Waals surface area (Å²) >= 11 is 8.05. The minimum atomic E-state index is -0.669. The molecule has 0 aliphatic carbocycles. The van der Waals surface area contributed by atoms with Crippen LogP contribution in [0.1, 0.15) is 5.56 Å². The van der Waals surface area contributed by atoms with Crippen molar-refractivity contribution in [2.45, 2.75) is 11.8 Å². The van der Waals surface area contributed by atoms with E-state index in [-0.39, 0.29) is 0 Å². The normalized spacial score (nSPS) is 13.0. The highest BCUT2D eigenvalue weighted by molar-refractivity contribution is 8.00. The second-order valence-corrected chi connectivity index (χ2v) is 9.18. The number of aromatic amines is 2. The molecule has 5 rings (SSSR count). The number of likely N-dealkylation sites (N-methyl/N-ethyl adjacent to an activating group) is 1. The van der Waals surface area contributed by atoms with E-state index in [4.69, 9.17) is 16.3 Å². The molecule has 3 N–H and O–H groups in total. The average molecular weight is 481 g/mol. The van der Waals surface area contributed by atoms with Crippen LogP contribution in [0.2, 0.25) is 5.02 Å². The number of fused-ring (bicyclic) bond motifs is 2. The fourth-order valence-corrected chi connectivity index (χ4v) is 4.85. The summed E-state index contributed by atoms with van der Waals surface area (Å²) in [6, 6.07) is 15.6. The molecule has 0 radical (unpaired) electrons.